The van der Waals surface area contributed by atoms with Gasteiger partial charge in [0.1, 0.15) is 0 Å². The molecule has 0 atom stereocenters. The smallest absolute Gasteiger partial charge is 0.335 e. The third-order valence-corrected chi connectivity index (χ3v) is 4.10. The Labute approximate surface area is 140 Å². The number of carbonyl (C=O) groups excluding carboxylic acids is 1. The van der Waals surface area contributed by atoms with Crippen LogP contribution < -0.4 is 5.32 Å². The lowest BCUT2D eigenvalue weighted by Gasteiger charge is -2.35. The summed E-state index contributed by atoms with van der Waals surface area (Å²) < 4.78 is 0. The number of nitrogens with one attached hydrogen (secondary N) is 1. The van der Waals surface area contributed by atoms with Crippen molar-refractivity contribution in [3.8, 4) is 0 Å². The second kappa shape index (κ2) is 5.96. The lowest BCUT2D eigenvalue weighted by molar-refractivity contribution is 0.0696. The Balaban J connectivity index is 1.95. The summed E-state index contributed by atoms with van der Waals surface area (Å²) in [6.45, 7) is 4.20. The zero-order valence-corrected chi connectivity index (χ0v) is 13.7. The van der Waals surface area contributed by atoms with Crippen molar-refractivity contribution in [2.24, 2.45) is 0 Å². The minimum atomic E-state index is -1.00. The number of hydrogen-bond acceptors (Lipinski definition) is 3. The number of ketones is 1. The molecular formula is C20H19NO3. The summed E-state index contributed by atoms with van der Waals surface area (Å²) in [6.07, 6.45) is 2.48. The van der Waals surface area contributed by atoms with Gasteiger partial charge in [0.05, 0.1) is 5.56 Å². The molecule has 3 rings (SSSR count). The van der Waals surface area contributed by atoms with Crippen LogP contribution in [0, 0.1) is 0 Å². The number of allylic oxidation sites excluding steroid dienone is 1. The van der Waals surface area contributed by atoms with E-state index < -0.39 is 5.97 Å². The maximum atomic E-state index is 12.6. The molecule has 4 heteroatoms. The number of fused-ring (bicyclic) bond motifs is 1. The highest BCUT2D eigenvalue weighted by atomic mass is 16.4. The molecule has 1 aliphatic rings. The highest BCUT2D eigenvalue weighted by Crippen LogP contribution is 2.29. The van der Waals surface area contributed by atoms with Crippen LogP contribution in [0.15, 0.2) is 54.6 Å². The number of carboxylic acid groups (broad SMARTS) is 1. The minimum Gasteiger partial charge on any atom is -0.478 e. The van der Waals surface area contributed by atoms with Gasteiger partial charge in [-0.25, -0.2) is 4.79 Å². The topological polar surface area (TPSA) is 66.4 Å². The Morgan fingerprint density at radius 3 is 2.33 bits per heavy atom. The first-order valence-electron chi connectivity index (χ1n) is 7.82. The molecule has 0 amide bonds. The molecule has 1 aliphatic heterocycles. The van der Waals surface area contributed by atoms with Crippen LogP contribution >= 0.6 is 0 Å². The van der Waals surface area contributed by atoms with Gasteiger partial charge in [-0.3, -0.25) is 4.79 Å². The maximum absolute atomic E-state index is 12.6. The van der Waals surface area contributed by atoms with E-state index in [1.165, 1.54) is 17.7 Å². The van der Waals surface area contributed by atoms with Crippen LogP contribution in [0.3, 0.4) is 0 Å². The summed E-state index contributed by atoms with van der Waals surface area (Å²) >= 11 is 0. The van der Waals surface area contributed by atoms with Crippen molar-refractivity contribution in [2.75, 3.05) is 0 Å². The van der Waals surface area contributed by atoms with E-state index in [9.17, 15) is 9.59 Å². The molecule has 0 aromatic heterocycles. The Morgan fingerprint density at radius 1 is 1.04 bits per heavy atom. The summed E-state index contributed by atoms with van der Waals surface area (Å²) in [7, 11) is 0. The van der Waals surface area contributed by atoms with E-state index in [1.807, 2.05) is 18.2 Å². The molecule has 24 heavy (non-hydrogen) atoms. The molecule has 0 radical (unpaired) electrons. The van der Waals surface area contributed by atoms with Crippen molar-refractivity contribution in [1.82, 2.24) is 5.32 Å². The van der Waals surface area contributed by atoms with Crippen molar-refractivity contribution in [3.05, 3.63) is 76.9 Å². The van der Waals surface area contributed by atoms with Crippen molar-refractivity contribution < 1.29 is 14.7 Å². The zero-order chi connectivity index (χ0) is 17.3. The molecule has 4 nitrogen and oxygen atoms in total. The number of rotatable bonds is 3. The molecule has 1 heterocycles. The summed E-state index contributed by atoms with van der Waals surface area (Å²) in [5.41, 5.74) is 3.55. The SMILES string of the molecule is CC1(C)Cc2ccccc2/C(=C/C(=O)c2ccc(C(=O)O)cc2)N1. The van der Waals surface area contributed by atoms with E-state index >= 15 is 0 Å². The molecular weight excluding hydrogens is 302 g/mol. The van der Waals surface area contributed by atoms with Crippen LogP contribution in [0.2, 0.25) is 0 Å². The molecule has 0 saturated carbocycles. The molecule has 2 aromatic rings. The number of carboxylic acids is 1. The summed E-state index contributed by atoms with van der Waals surface area (Å²) in [6, 6.07) is 14.0. The van der Waals surface area contributed by atoms with Crippen LogP contribution in [0.4, 0.5) is 0 Å². The first-order valence-corrected chi connectivity index (χ1v) is 7.82. The van der Waals surface area contributed by atoms with Gasteiger partial charge in [-0.15, -0.1) is 0 Å². The first-order chi connectivity index (χ1) is 11.4. The van der Waals surface area contributed by atoms with Gasteiger partial charge in [0.2, 0.25) is 0 Å². The van der Waals surface area contributed by atoms with Crippen LogP contribution in [-0.2, 0) is 6.42 Å². The predicted octanol–water partition coefficient (Wildman–Crippen LogP) is 3.53. The van der Waals surface area contributed by atoms with Crippen LogP contribution in [0.25, 0.3) is 5.70 Å². The predicted molar refractivity (Wildman–Crippen MR) is 93.1 cm³/mol. The van der Waals surface area contributed by atoms with Crippen molar-refractivity contribution >= 4 is 17.4 Å². The molecule has 122 valence electrons. The van der Waals surface area contributed by atoms with Crippen LogP contribution in [-0.4, -0.2) is 22.4 Å². The van der Waals surface area contributed by atoms with Gasteiger partial charge < -0.3 is 10.4 Å². The minimum absolute atomic E-state index is 0.131. The molecule has 0 spiro atoms. The van der Waals surface area contributed by atoms with Crippen LogP contribution in [0.1, 0.15) is 45.7 Å². The lowest BCUT2D eigenvalue weighted by atomic mass is 9.85. The molecule has 0 saturated heterocycles. The monoisotopic (exact) mass is 321 g/mol. The number of benzene rings is 2. The normalized spacial score (nSPS) is 17.0. The third-order valence-electron chi connectivity index (χ3n) is 4.10. The average Bonchev–Trinajstić information content (AvgIpc) is 2.53. The Morgan fingerprint density at radius 2 is 1.67 bits per heavy atom. The Kier molecular flexibility index (Phi) is 3.97. The van der Waals surface area contributed by atoms with E-state index in [2.05, 4.69) is 25.2 Å². The van der Waals surface area contributed by atoms with Crippen molar-refractivity contribution in [1.29, 1.82) is 0 Å². The highest BCUT2D eigenvalue weighted by molar-refractivity contribution is 6.09. The number of hydrogen-bond donors (Lipinski definition) is 2. The fourth-order valence-corrected chi connectivity index (χ4v) is 2.99. The largest absolute Gasteiger partial charge is 0.478 e. The summed E-state index contributed by atoms with van der Waals surface area (Å²) in [4.78, 5) is 23.5. The molecule has 0 unspecified atom stereocenters. The van der Waals surface area contributed by atoms with Gasteiger partial charge in [0.15, 0.2) is 5.78 Å². The van der Waals surface area contributed by atoms with E-state index in [1.54, 1.807) is 18.2 Å². The highest BCUT2D eigenvalue weighted by Gasteiger charge is 2.27. The fraction of sp³-hybridized carbons (Fsp3) is 0.200. The van der Waals surface area contributed by atoms with E-state index in [-0.39, 0.29) is 16.9 Å². The van der Waals surface area contributed by atoms with E-state index in [0.717, 1.165) is 17.7 Å². The molecule has 0 fully saturated rings. The van der Waals surface area contributed by atoms with Gasteiger partial charge >= 0.3 is 5.97 Å². The maximum Gasteiger partial charge on any atom is 0.335 e. The number of aromatic carboxylic acids is 1. The van der Waals surface area contributed by atoms with E-state index in [4.69, 9.17) is 5.11 Å². The van der Waals surface area contributed by atoms with Gasteiger partial charge in [-0.1, -0.05) is 36.4 Å². The van der Waals surface area contributed by atoms with Crippen molar-refractivity contribution in [2.45, 2.75) is 25.8 Å². The molecule has 2 aromatic carbocycles. The van der Waals surface area contributed by atoms with Gasteiger partial charge in [0, 0.05) is 28.4 Å². The van der Waals surface area contributed by atoms with Crippen molar-refractivity contribution in [3.63, 3.8) is 0 Å². The lowest BCUT2D eigenvalue weighted by Crippen LogP contribution is -2.43. The zero-order valence-electron chi connectivity index (χ0n) is 13.7. The molecule has 2 N–H and O–H groups in total. The Bertz CT molecular complexity index is 832. The second-order valence-corrected chi connectivity index (χ2v) is 6.65. The Hall–Kier alpha value is -2.88. The second-order valence-electron chi connectivity index (χ2n) is 6.65. The molecule has 0 aliphatic carbocycles. The standard InChI is InChI=1S/C20H19NO3/c1-20(2)12-15-5-3-4-6-16(15)17(21-20)11-18(22)13-7-9-14(10-8-13)19(23)24/h3-11,21H,12H2,1-2H3,(H,23,24)/b17-11-. The van der Waals surface area contributed by atoms with Gasteiger partial charge in [-0.05, 0) is 38.0 Å². The first kappa shape index (κ1) is 16.0. The van der Waals surface area contributed by atoms with Crippen LogP contribution in [0.5, 0.6) is 0 Å². The summed E-state index contributed by atoms with van der Waals surface area (Å²) in [5.74, 6) is -1.15. The fourth-order valence-electron chi connectivity index (χ4n) is 2.99. The third kappa shape index (κ3) is 3.23. The van der Waals surface area contributed by atoms with Gasteiger partial charge in [0.25, 0.3) is 0 Å². The van der Waals surface area contributed by atoms with E-state index in [0.29, 0.717) is 5.56 Å². The average molecular weight is 321 g/mol. The number of carbonyl (C=O) groups is 2. The van der Waals surface area contributed by atoms with Gasteiger partial charge in [-0.2, -0.15) is 0 Å². The summed E-state index contributed by atoms with van der Waals surface area (Å²) in [5, 5.41) is 12.4. The quantitative estimate of drug-likeness (QED) is 0.670. The molecule has 0 bridgehead atoms.